The topological polar surface area (TPSA) is 41.6 Å². The van der Waals surface area contributed by atoms with Gasteiger partial charge >= 0.3 is 0 Å². The number of aryl methyl sites for hydroxylation is 1. The number of rotatable bonds is 8. The van der Waals surface area contributed by atoms with Crippen LogP contribution in [0.1, 0.15) is 31.7 Å². The van der Waals surface area contributed by atoms with E-state index in [0.717, 1.165) is 37.1 Å². The van der Waals surface area contributed by atoms with E-state index in [1.165, 1.54) is 0 Å². The summed E-state index contributed by atoms with van der Waals surface area (Å²) in [5.74, 6) is 1.08. The molecule has 0 bridgehead atoms. The Morgan fingerprint density at radius 1 is 1.43 bits per heavy atom. The van der Waals surface area contributed by atoms with Crippen molar-refractivity contribution >= 4 is 5.91 Å². The van der Waals surface area contributed by atoms with Gasteiger partial charge < -0.3 is 10.1 Å². The largest absolute Gasteiger partial charge is 0.493 e. The van der Waals surface area contributed by atoms with Gasteiger partial charge in [0.15, 0.2) is 0 Å². The van der Waals surface area contributed by atoms with Crippen molar-refractivity contribution < 1.29 is 9.53 Å². The van der Waals surface area contributed by atoms with Gasteiger partial charge in [0.25, 0.3) is 0 Å². The Morgan fingerprint density at radius 3 is 2.81 bits per heavy atom. The monoisotopic (exact) mass is 290 g/mol. The van der Waals surface area contributed by atoms with E-state index in [4.69, 9.17) is 4.74 Å². The second kappa shape index (κ2) is 7.46. The van der Waals surface area contributed by atoms with Gasteiger partial charge in [0, 0.05) is 12.6 Å². The van der Waals surface area contributed by atoms with Crippen LogP contribution in [-0.2, 0) is 4.79 Å². The number of nitrogens with zero attached hydrogens (tertiary/aromatic N) is 1. The van der Waals surface area contributed by atoms with Crippen molar-refractivity contribution in [1.29, 1.82) is 0 Å². The molecule has 0 heterocycles. The molecule has 1 unspecified atom stereocenters. The zero-order valence-corrected chi connectivity index (χ0v) is 13.3. The van der Waals surface area contributed by atoms with Crippen molar-refractivity contribution in [1.82, 2.24) is 10.2 Å². The van der Waals surface area contributed by atoms with Crippen LogP contribution in [-0.4, -0.2) is 43.1 Å². The number of hydrogen-bond donors (Lipinski definition) is 1. The van der Waals surface area contributed by atoms with Crippen LogP contribution in [0.5, 0.6) is 5.75 Å². The first kappa shape index (κ1) is 15.8. The number of para-hydroxylation sites is 1. The molecule has 21 heavy (non-hydrogen) atoms. The molecule has 1 aliphatic rings. The lowest BCUT2D eigenvalue weighted by molar-refractivity contribution is -0.125. The molecule has 1 saturated carbocycles. The molecule has 2 rings (SSSR count). The van der Waals surface area contributed by atoms with Crippen molar-refractivity contribution in [3.05, 3.63) is 29.8 Å². The molecule has 1 aliphatic carbocycles. The van der Waals surface area contributed by atoms with Crippen LogP contribution < -0.4 is 10.1 Å². The highest BCUT2D eigenvalue weighted by Crippen LogP contribution is 2.19. The Labute approximate surface area is 127 Å². The molecule has 0 spiro atoms. The van der Waals surface area contributed by atoms with E-state index in [2.05, 4.69) is 10.2 Å². The van der Waals surface area contributed by atoms with E-state index in [1.807, 2.05) is 45.2 Å². The second-order valence-corrected chi connectivity index (χ2v) is 5.91. The number of nitrogens with one attached hydrogen (secondary N) is 1. The summed E-state index contributed by atoms with van der Waals surface area (Å²) in [6.45, 7) is 5.53. The van der Waals surface area contributed by atoms with Crippen LogP contribution >= 0.6 is 0 Å². The van der Waals surface area contributed by atoms with Crippen LogP contribution in [0.3, 0.4) is 0 Å². The lowest BCUT2D eigenvalue weighted by atomic mass is 10.2. The Kier molecular flexibility index (Phi) is 5.62. The third-order valence-corrected chi connectivity index (χ3v) is 3.97. The molecule has 0 aromatic heterocycles. The molecule has 1 atom stereocenters. The number of hydrogen-bond acceptors (Lipinski definition) is 3. The van der Waals surface area contributed by atoms with Gasteiger partial charge in [-0.3, -0.25) is 9.69 Å². The van der Waals surface area contributed by atoms with Crippen molar-refractivity contribution in [2.24, 2.45) is 0 Å². The summed E-state index contributed by atoms with van der Waals surface area (Å²) >= 11 is 0. The third-order valence-electron chi connectivity index (χ3n) is 3.97. The van der Waals surface area contributed by atoms with E-state index in [1.54, 1.807) is 0 Å². The molecule has 1 aromatic carbocycles. The van der Waals surface area contributed by atoms with Gasteiger partial charge in [0.1, 0.15) is 5.75 Å². The standard InChI is InChI=1S/C17H26N2O2/c1-13-7-4-5-8-16(13)21-12-6-11-19(3)14(2)17(20)18-15-9-10-15/h4-5,7-8,14-15H,6,9-12H2,1-3H3,(H,18,20). The van der Waals surface area contributed by atoms with Gasteiger partial charge in [-0.2, -0.15) is 0 Å². The summed E-state index contributed by atoms with van der Waals surface area (Å²) in [6, 6.07) is 8.38. The molecule has 0 aliphatic heterocycles. The first-order valence-electron chi connectivity index (χ1n) is 7.77. The van der Waals surface area contributed by atoms with Crippen LogP contribution in [0.25, 0.3) is 0 Å². The molecule has 4 heteroatoms. The van der Waals surface area contributed by atoms with Crippen LogP contribution in [0.4, 0.5) is 0 Å². The van der Waals surface area contributed by atoms with Crippen LogP contribution in [0.2, 0.25) is 0 Å². The van der Waals surface area contributed by atoms with Gasteiger partial charge in [-0.25, -0.2) is 0 Å². The second-order valence-electron chi connectivity index (χ2n) is 5.91. The average Bonchev–Trinajstić information content (AvgIpc) is 3.28. The Morgan fingerprint density at radius 2 is 2.14 bits per heavy atom. The first-order valence-corrected chi connectivity index (χ1v) is 7.77. The molecular weight excluding hydrogens is 264 g/mol. The number of benzene rings is 1. The Balaban J connectivity index is 1.65. The van der Waals surface area contributed by atoms with E-state index in [9.17, 15) is 4.79 Å². The third kappa shape index (κ3) is 5.05. The number of likely N-dealkylation sites (N-methyl/N-ethyl adjacent to an activating group) is 1. The molecular formula is C17H26N2O2. The fourth-order valence-corrected chi connectivity index (χ4v) is 2.16. The van der Waals surface area contributed by atoms with Gasteiger partial charge in [-0.15, -0.1) is 0 Å². The first-order chi connectivity index (χ1) is 10.1. The van der Waals surface area contributed by atoms with Crippen molar-refractivity contribution in [2.75, 3.05) is 20.2 Å². The maximum Gasteiger partial charge on any atom is 0.237 e. The molecule has 116 valence electrons. The minimum atomic E-state index is -0.0796. The minimum Gasteiger partial charge on any atom is -0.493 e. The number of carbonyl (C=O) groups is 1. The molecule has 0 saturated heterocycles. The zero-order valence-electron chi connectivity index (χ0n) is 13.3. The molecule has 1 N–H and O–H groups in total. The SMILES string of the molecule is Cc1ccccc1OCCCN(C)C(C)C(=O)NC1CC1. The summed E-state index contributed by atoms with van der Waals surface area (Å²) < 4.78 is 5.77. The summed E-state index contributed by atoms with van der Waals surface area (Å²) in [6.07, 6.45) is 3.17. The summed E-state index contributed by atoms with van der Waals surface area (Å²) in [5.41, 5.74) is 1.16. The van der Waals surface area contributed by atoms with Crippen LogP contribution in [0, 0.1) is 6.92 Å². The number of carbonyl (C=O) groups excluding carboxylic acids is 1. The van der Waals surface area contributed by atoms with E-state index in [-0.39, 0.29) is 11.9 Å². The average molecular weight is 290 g/mol. The van der Waals surface area contributed by atoms with Crippen LogP contribution in [0.15, 0.2) is 24.3 Å². The zero-order chi connectivity index (χ0) is 15.2. The maximum atomic E-state index is 11.9. The molecule has 4 nitrogen and oxygen atoms in total. The highest BCUT2D eigenvalue weighted by atomic mass is 16.5. The normalized spacial score (nSPS) is 15.8. The van der Waals surface area contributed by atoms with E-state index in [0.29, 0.717) is 12.6 Å². The molecule has 1 fully saturated rings. The van der Waals surface area contributed by atoms with E-state index >= 15 is 0 Å². The highest BCUT2D eigenvalue weighted by molar-refractivity contribution is 5.81. The van der Waals surface area contributed by atoms with Gasteiger partial charge in [0.2, 0.25) is 5.91 Å². The maximum absolute atomic E-state index is 11.9. The van der Waals surface area contributed by atoms with Crippen molar-refractivity contribution in [2.45, 2.75) is 45.2 Å². The lowest BCUT2D eigenvalue weighted by Crippen LogP contribution is -2.44. The number of ether oxygens (including phenoxy) is 1. The molecule has 0 radical (unpaired) electrons. The summed E-state index contributed by atoms with van der Waals surface area (Å²) in [7, 11) is 1.99. The Hall–Kier alpha value is -1.55. The molecule has 1 aromatic rings. The smallest absolute Gasteiger partial charge is 0.237 e. The summed E-state index contributed by atoms with van der Waals surface area (Å²) in [4.78, 5) is 14.0. The van der Waals surface area contributed by atoms with Gasteiger partial charge in [-0.05, 0) is 51.8 Å². The predicted molar refractivity (Wildman–Crippen MR) is 84.5 cm³/mol. The fourth-order valence-electron chi connectivity index (χ4n) is 2.16. The van der Waals surface area contributed by atoms with E-state index < -0.39 is 0 Å². The quantitative estimate of drug-likeness (QED) is 0.747. The van der Waals surface area contributed by atoms with Crippen molar-refractivity contribution in [3.8, 4) is 5.75 Å². The van der Waals surface area contributed by atoms with Gasteiger partial charge in [-0.1, -0.05) is 18.2 Å². The van der Waals surface area contributed by atoms with Crippen molar-refractivity contribution in [3.63, 3.8) is 0 Å². The summed E-state index contributed by atoms with van der Waals surface area (Å²) in [5, 5.41) is 3.05. The number of amides is 1. The minimum absolute atomic E-state index is 0.0796. The Bertz CT molecular complexity index is 472. The fraction of sp³-hybridized carbons (Fsp3) is 0.588. The lowest BCUT2D eigenvalue weighted by Gasteiger charge is -2.23. The predicted octanol–water partition coefficient (Wildman–Crippen LogP) is 2.36. The molecule has 1 amide bonds. The highest BCUT2D eigenvalue weighted by Gasteiger charge is 2.26. The van der Waals surface area contributed by atoms with Gasteiger partial charge in [0.05, 0.1) is 12.6 Å².